The van der Waals surface area contributed by atoms with Crippen LogP contribution >= 0.6 is 11.8 Å². The standard InChI is InChI=1S/C13H22N2S/c1-3-5-6-9-16-11-7-8-13(15-10-11)12(14)4-2/h7-8,10,12H,3-6,9,14H2,1-2H3. The van der Waals surface area contributed by atoms with Gasteiger partial charge in [-0.3, -0.25) is 4.98 Å². The molecule has 0 saturated heterocycles. The van der Waals surface area contributed by atoms with E-state index in [9.17, 15) is 0 Å². The lowest BCUT2D eigenvalue weighted by Crippen LogP contribution is -2.10. The number of nitrogens with zero attached hydrogens (tertiary/aromatic N) is 1. The van der Waals surface area contributed by atoms with Crippen molar-refractivity contribution < 1.29 is 0 Å². The molecule has 1 rings (SSSR count). The Kier molecular flexibility index (Phi) is 6.50. The minimum atomic E-state index is 0.0825. The first-order valence-corrected chi connectivity index (χ1v) is 7.10. The smallest absolute Gasteiger partial charge is 0.0571 e. The van der Waals surface area contributed by atoms with E-state index < -0.39 is 0 Å². The summed E-state index contributed by atoms with van der Waals surface area (Å²) >= 11 is 1.89. The molecule has 1 aromatic heterocycles. The summed E-state index contributed by atoms with van der Waals surface area (Å²) in [6.07, 6.45) is 6.77. The Labute approximate surface area is 103 Å². The summed E-state index contributed by atoms with van der Waals surface area (Å²) in [5.74, 6) is 1.19. The quantitative estimate of drug-likeness (QED) is 0.580. The molecule has 1 atom stereocenters. The fraction of sp³-hybridized carbons (Fsp3) is 0.615. The van der Waals surface area contributed by atoms with E-state index in [0.29, 0.717) is 0 Å². The molecule has 0 bridgehead atoms. The predicted octanol–water partition coefficient (Wildman–Crippen LogP) is 3.77. The van der Waals surface area contributed by atoms with Gasteiger partial charge in [-0.05, 0) is 30.7 Å². The monoisotopic (exact) mass is 238 g/mol. The summed E-state index contributed by atoms with van der Waals surface area (Å²) in [5.41, 5.74) is 6.92. The van der Waals surface area contributed by atoms with Gasteiger partial charge < -0.3 is 5.73 Å². The molecule has 0 radical (unpaired) electrons. The van der Waals surface area contributed by atoms with Gasteiger partial charge in [0.05, 0.1) is 5.69 Å². The second-order valence-corrected chi connectivity index (χ2v) is 5.16. The molecule has 0 amide bonds. The van der Waals surface area contributed by atoms with Crippen LogP contribution < -0.4 is 5.73 Å². The zero-order valence-electron chi connectivity index (χ0n) is 10.3. The Morgan fingerprint density at radius 3 is 2.69 bits per heavy atom. The van der Waals surface area contributed by atoms with Crippen LogP contribution in [-0.4, -0.2) is 10.7 Å². The van der Waals surface area contributed by atoms with E-state index >= 15 is 0 Å². The van der Waals surface area contributed by atoms with Gasteiger partial charge in [0.1, 0.15) is 0 Å². The van der Waals surface area contributed by atoms with Gasteiger partial charge >= 0.3 is 0 Å². The molecule has 1 unspecified atom stereocenters. The van der Waals surface area contributed by atoms with Crippen molar-refractivity contribution >= 4 is 11.8 Å². The lowest BCUT2D eigenvalue weighted by Gasteiger charge is -2.08. The van der Waals surface area contributed by atoms with E-state index in [1.54, 1.807) is 0 Å². The van der Waals surface area contributed by atoms with Crippen LogP contribution in [0.5, 0.6) is 0 Å². The molecule has 2 nitrogen and oxygen atoms in total. The van der Waals surface area contributed by atoms with Crippen molar-refractivity contribution in [2.24, 2.45) is 5.73 Å². The number of rotatable bonds is 7. The molecule has 0 aliphatic heterocycles. The average molecular weight is 238 g/mol. The Bertz CT molecular complexity index is 284. The molecule has 0 saturated carbocycles. The van der Waals surface area contributed by atoms with Crippen molar-refractivity contribution in [1.29, 1.82) is 0 Å². The Morgan fingerprint density at radius 2 is 2.12 bits per heavy atom. The van der Waals surface area contributed by atoms with Gasteiger partial charge in [0, 0.05) is 17.1 Å². The third-order valence-corrected chi connectivity index (χ3v) is 3.66. The summed E-state index contributed by atoms with van der Waals surface area (Å²) in [6, 6.07) is 4.27. The van der Waals surface area contributed by atoms with Gasteiger partial charge in [0.15, 0.2) is 0 Å². The molecule has 1 aromatic rings. The van der Waals surface area contributed by atoms with Gasteiger partial charge in [0.2, 0.25) is 0 Å². The fourth-order valence-corrected chi connectivity index (χ4v) is 2.32. The van der Waals surface area contributed by atoms with Crippen molar-refractivity contribution in [2.45, 2.75) is 50.5 Å². The van der Waals surface area contributed by atoms with Gasteiger partial charge in [-0.1, -0.05) is 26.7 Å². The second-order valence-electron chi connectivity index (χ2n) is 3.99. The van der Waals surface area contributed by atoms with Crippen LogP contribution in [0.25, 0.3) is 0 Å². The summed E-state index contributed by atoms with van der Waals surface area (Å²) < 4.78 is 0. The van der Waals surface area contributed by atoms with Crippen molar-refractivity contribution in [3.63, 3.8) is 0 Å². The van der Waals surface area contributed by atoms with E-state index in [2.05, 4.69) is 31.0 Å². The van der Waals surface area contributed by atoms with E-state index in [-0.39, 0.29) is 6.04 Å². The molecular weight excluding hydrogens is 216 g/mol. The zero-order chi connectivity index (χ0) is 11.8. The maximum atomic E-state index is 5.91. The number of hydrogen-bond acceptors (Lipinski definition) is 3. The van der Waals surface area contributed by atoms with Crippen LogP contribution in [0, 0.1) is 0 Å². The lowest BCUT2D eigenvalue weighted by molar-refractivity contribution is 0.674. The van der Waals surface area contributed by atoms with Crippen molar-refractivity contribution in [1.82, 2.24) is 4.98 Å². The number of unbranched alkanes of at least 4 members (excludes halogenated alkanes) is 2. The van der Waals surface area contributed by atoms with Crippen LogP contribution in [-0.2, 0) is 0 Å². The highest BCUT2D eigenvalue weighted by Crippen LogP contribution is 2.20. The molecular formula is C13H22N2S. The molecule has 0 fully saturated rings. The Balaban J connectivity index is 2.39. The van der Waals surface area contributed by atoms with Gasteiger partial charge in [-0.2, -0.15) is 0 Å². The largest absolute Gasteiger partial charge is 0.323 e. The maximum Gasteiger partial charge on any atom is 0.0571 e. The molecule has 0 aliphatic rings. The van der Waals surface area contributed by atoms with Gasteiger partial charge in [-0.25, -0.2) is 0 Å². The van der Waals surface area contributed by atoms with Crippen LogP contribution in [0.2, 0.25) is 0 Å². The average Bonchev–Trinajstić information content (AvgIpc) is 2.34. The maximum absolute atomic E-state index is 5.91. The van der Waals surface area contributed by atoms with E-state index in [4.69, 9.17) is 5.73 Å². The van der Waals surface area contributed by atoms with Crippen LogP contribution in [0.15, 0.2) is 23.2 Å². The molecule has 0 aromatic carbocycles. The lowest BCUT2D eigenvalue weighted by atomic mass is 10.1. The SMILES string of the molecule is CCCCCSc1ccc(C(N)CC)nc1. The highest BCUT2D eigenvalue weighted by atomic mass is 32.2. The minimum Gasteiger partial charge on any atom is -0.323 e. The Morgan fingerprint density at radius 1 is 1.31 bits per heavy atom. The zero-order valence-corrected chi connectivity index (χ0v) is 11.1. The molecule has 0 spiro atoms. The highest BCUT2D eigenvalue weighted by molar-refractivity contribution is 7.99. The van der Waals surface area contributed by atoms with Gasteiger partial charge in [-0.15, -0.1) is 11.8 Å². The first kappa shape index (κ1) is 13.5. The van der Waals surface area contributed by atoms with Crippen LogP contribution in [0.1, 0.15) is 51.3 Å². The number of nitrogens with two attached hydrogens (primary N) is 1. The van der Waals surface area contributed by atoms with E-state index in [1.807, 2.05) is 18.0 Å². The molecule has 1 heterocycles. The second kappa shape index (κ2) is 7.69. The van der Waals surface area contributed by atoms with E-state index in [1.165, 1.54) is 29.9 Å². The van der Waals surface area contributed by atoms with Crippen molar-refractivity contribution in [3.05, 3.63) is 24.0 Å². The van der Waals surface area contributed by atoms with Crippen molar-refractivity contribution in [3.8, 4) is 0 Å². The van der Waals surface area contributed by atoms with Crippen LogP contribution in [0.4, 0.5) is 0 Å². The first-order chi connectivity index (χ1) is 7.77. The normalized spacial score (nSPS) is 12.7. The first-order valence-electron chi connectivity index (χ1n) is 6.12. The molecule has 3 heteroatoms. The number of thioether (sulfide) groups is 1. The summed E-state index contributed by atoms with van der Waals surface area (Å²) in [5, 5.41) is 0. The molecule has 2 N–H and O–H groups in total. The van der Waals surface area contributed by atoms with Crippen LogP contribution in [0.3, 0.4) is 0 Å². The summed E-state index contributed by atoms with van der Waals surface area (Å²) in [4.78, 5) is 5.66. The third-order valence-electron chi connectivity index (χ3n) is 2.60. The fourth-order valence-electron chi connectivity index (χ4n) is 1.45. The molecule has 16 heavy (non-hydrogen) atoms. The highest BCUT2D eigenvalue weighted by Gasteiger charge is 2.04. The topological polar surface area (TPSA) is 38.9 Å². The summed E-state index contributed by atoms with van der Waals surface area (Å²) in [6.45, 7) is 4.31. The van der Waals surface area contributed by atoms with Gasteiger partial charge in [0.25, 0.3) is 0 Å². The summed E-state index contributed by atoms with van der Waals surface area (Å²) in [7, 11) is 0. The van der Waals surface area contributed by atoms with E-state index in [0.717, 1.165) is 12.1 Å². The number of hydrogen-bond donors (Lipinski definition) is 1. The third kappa shape index (κ3) is 4.54. The predicted molar refractivity (Wildman–Crippen MR) is 71.7 cm³/mol. The molecule has 90 valence electrons. The van der Waals surface area contributed by atoms with Crippen molar-refractivity contribution in [2.75, 3.05) is 5.75 Å². The molecule has 0 aliphatic carbocycles. The minimum absolute atomic E-state index is 0.0825. The number of aromatic nitrogens is 1. The number of pyridine rings is 1. The Hall–Kier alpha value is -0.540.